The number of para-hydroxylation sites is 1. The van der Waals surface area contributed by atoms with Crippen molar-refractivity contribution in [3.05, 3.63) is 88.4 Å². The van der Waals surface area contributed by atoms with Gasteiger partial charge in [0, 0.05) is 35.9 Å². The van der Waals surface area contributed by atoms with Crippen molar-refractivity contribution < 1.29 is 19.1 Å². The maximum atomic E-state index is 12.6. The molecule has 1 aliphatic heterocycles. The summed E-state index contributed by atoms with van der Waals surface area (Å²) in [6.45, 7) is 4.43. The van der Waals surface area contributed by atoms with Gasteiger partial charge in [0.1, 0.15) is 5.75 Å². The summed E-state index contributed by atoms with van der Waals surface area (Å²) in [5, 5.41) is 6.42. The molecule has 0 aromatic heterocycles. The number of carbonyl (C=O) groups excluding carboxylic acids is 3. The number of rotatable bonds is 8. The highest BCUT2D eigenvalue weighted by Crippen LogP contribution is 2.27. The minimum absolute atomic E-state index is 0.108. The van der Waals surface area contributed by atoms with Gasteiger partial charge in [-0.1, -0.05) is 41.9 Å². The minimum atomic E-state index is -0.422. The molecule has 1 aliphatic rings. The Morgan fingerprint density at radius 3 is 2.33 bits per heavy atom. The smallest absolute Gasteiger partial charge is 0.262 e. The maximum Gasteiger partial charge on any atom is 0.262 e. The number of halogens is 1. The number of ether oxygens (including phenoxy) is 1. The molecule has 0 bridgehead atoms. The van der Waals surface area contributed by atoms with Gasteiger partial charge < -0.3 is 20.3 Å². The van der Waals surface area contributed by atoms with Crippen LogP contribution >= 0.6 is 11.6 Å². The van der Waals surface area contributed by atoms with Crippen LogP contribution in [0.15, 0.2) is 66.7 Å². The van der Waals surface area contributed by atoms with Crippen molar-refractivity contribution in [2.24, 2.45) is 5.92 Å². The first-order chi connectivity index (χ1) is 17.3. The van der Waals surface area contributed by atoms with Crippen LogP contribution in [-0.2, 0) is 20.9 Å². The van der Waals surface area contributed by atoms with Gasteiger partial charge in [-0.2, -0.15) is 0 Å². The molecule has 8 heteroatoms. The van der Waals surface area contributed by atoms with Gasteiger partial charge in [-0.05, 0) is 66.9 Å². The molecule has 3 amide bonds. The Labute approximate surface area is 215 Å². The lowest BCUT2D eigenvalue weighted by Crippen LogP contribution is -2.32. The van der Waals surface area contributed by atoms with E-state index >= 15 is 0 Å². The largest absolute Gasteiger partial charge is 0.484 e. The van der Waals surface area contributed by atoms with E-state index < -0.39 is 5.92 Å². The molecule has 0 unspecified atom stereocenters. The van der Waals surface area contributed by atoms with Gasteiger partial charge >= 0.3 is 0 Å². The lowest BCUT2D eigenvalue weighted by Gasteiger charge is -2.17. The van der Waals surface area contributed by atoms with Crippen LogP contribution < -0.4 is 20.3 Å². The molecule has 0 radical (unpaired) electrons. The van der Waals surface area contributed by atoms with Crippen molar-refractivity contribution in [2.75, 3.05) is 23.4 Å². The van der Waals surface area contributed by atoms with Crippen LogP contribution in [0.3, 0.4) is 0 Å². The molecule has 0 saturated carbocycles. The van der Waals surface area contributed by atoms with E-state index in [0.717, 1.165) is 22.4 Å². The molecule has 2 N–H and O–H groups in total. The minimum Gasteiger partial charge on any atom is -0.484 e. The van der Waals surface area contributed by atoms with Gasteiger partial charge in [0.25, 0.3) is 5.91 Å². The summed E-state index contributed by atoms with van der Waals surface area (Å²) in [5.41, 5.74) is 4.38. The molecule has 186 valence electrons. The lowest BCUT2D eigenvalue weighted by atomic mass is 10.1. The van der Waals surface area contributed by atoms with Gasteiger partial charge in [-0.25, -0.2) is 0 Å². The highest BCUT2D eigenvalue weighted by molar-refractivity contribution is 6.30. The van der Waals surface area contributed by atoms with Crippen molar-refractivity contribution >= 4 is 40.7 Å². The van der Waals surface area contributed by atoms with Gasteiger partial charge in [0.15, 0.2) is 6.61 Å². The van der Waals surface area contributed by atoms with Crippen molar-refractivity contribution in [3.8, 4) is 5.75 Å². The first-order valence-electron chi connectivity index (χ1n) is 11.7. The summed E-state index contributed by atoms with van der Waals surface area (Å²) < 4.78 is 5.62. The summed E-state index contributed by atoms with van der Waals surface area (Å²) in [7, 11) is 0. The third kappa shape index (κ3) is 6.23. The molecular weight excluding hydrogens is 478 g/mol. The van der Waals surface area contributed by atoms with E-state index in [0.29, 0.717) is 29.5 Å². The van der Waals surface area contributed by atoms with Crippen LogP contribution in [0, 0.1) is 19.8 Å². The quantitative estimate of drug-likeness (QED) is 0.466. The Morgan fingerprint density at radius 1 is 1.00 bits per heavy atom. The molecule has 7 nitrogen and oxygen atoms in total. The molecule has 0 aliphatic carbocycles. The summed E-state index contributed by atoms with van der Waals surface area (Å²) >= 11 is 5.89. The normalized spacial score (nSPS) is 15.0. The Balaban J connectivity index is 1.28. The van der Waals surface area contributed by atoms with Crippen LogP contribution in [0.2, 0.25) is 5.02 Å². The Morgan fingerprint density at radius 2 is 1.67 bits per heavy atom. The number of benzene rings is 3. The fourth-order valence-corrected chi connectivity index (χ4v) is 4.25. The zero-order chi connectivity index (χ0) is 25.7. The molecule has 0 spiro atoms. The molecule has 1 atom stereocenters. The second-order valence-electron chi connectivity index (χ2n) is 8.85. The molecular formula is C28H28ClN3O4. The molecule has 1 heterocycles. The zero-order valence-electron chi connectivity index (χ0n) is 20.2. The van der Waals surface area contributed by atoms with Gasteiger partial charge in [0.05, 0.1) is 5.92 Å². The molecule has 1 saturated heterocycles. The first kappa shape index (κ1) is 25.3. The van der Waals surface area contributed by atoms with Crippen LogP contribution in [0.25, 0.3) is 0 Å². The summed E-state index contributed by atoms with van der Waals surface area (Å²) in [6, 6.07) is 20.0. The highest BCUT2D eigenvalue weighted by Gasteiger charge is 2.35. The SMILES string of the molecule is Cc1cccc(C)c1NC(=O)COc1ccc(N2C[C@@H](C(=O)NCc3ccc(Cl)cc3)CC2=O)cc1. The monoisotopic (exact) mass is 505 g/mol. The van der Waals surface area contributed by atoms with Crippen molar-refractivity contribution in [1.82, 2.24) is 5.32 Å². The fraction of sp³-hybridized carbons (Fsp3) is 0.250. The van der Waals surface area contributed by atoms with E-state index in [1.165, 1.54) is 0 Å². The number of anilines is 2. The number of aryl methyl sites for hydroxylation is 2. The zero-order valence-corrected chi connectivity index (χ0v) is 21.0. The standard InChI is InChI=1S/C28H28ClN3O4/c1-18-4-3-5-19(2)27(18)31-25(33)17-36-24-12-10-23(11-13-24)32-16-21(14-26(32)34)28(35)30-15-20-6-8-22(29)9-7-20/h3-13,21H,14-17H2,1-2H3,(H,30,35)(H,31,33)/t21-/m0/s1. The Bertz CT molecular complexity index is 1240. The summed E-state index contributed by atoms with van der Waals surface area (Å²) in [6.07, 6.45) is 0.156. The first-order valence-corrected chi connectivity index (χ1v) is 12.1. The lowest BCUT2D eigenvalue weighted by molar-refractivity contribution is -0.126. The van der Waals surface area contributed by atoms with Gasteiger partial charge in [0.2, 0.25) is 11.8 Å². The predicted octanol–water partition coefficient (Wildman–Crippen LogP) is 4.64. The second-order valence-corrected chi connectivity index (χ2v) is 9.28. The van der Waals surface area contributed by atoms with E-state index in [1.54, 1.807) is 41.3 Å². The van der Waals surface area contributed by atoms with Crippen LogP contribution in [0.5, 0.6) is 5.75 Å². The van der Waals surface area contributed by atoms with Crippen molar-refractivity contribution in [2.45, 2.75) is 26.8 Å². The number of hydrogen-bond donors (Lipinski definition) is 2. The van der Waals surface area contributed by atoms with Crippen LogP contribution in [-0.4, -0.2) is 30.9 Å². The van der Waals surface area contributed by atoms with E-state index in [-0.39, 0.29) is 30.7 Å². The van der Waals surface area contributed by atoms with Crippen molar-refractivity contribution in [1.29, 1.82) is 0 Å². The van der Waals surface area contributed by atoms with E-state index in [2.05, 4.69) is 10.6 Å². The van der Waals surface area contributed by atoms with Gasteiger partial charge in [-0.15, -0.1) is 0 Å². The summed E-state index contributed by atoms with van der Waals surface area (Å²) in [4.78, 5) is 39.1. The molecule has 36 heavy (non-hydrogen) atoms. The molecule has 3 aromatic rings. The fourth-order valence-electron chi connectivity index (χ4n) is 4.13. The number of carbonyl (C=O) groups is 3. The Hall–Kier alpha value is -3.84. The second kappa shape index (κ2) is 11.3. The number of amides is 3. The van der Waals surface area contributed by atoms with Crippen LogP contribution in [0.1, 0.15) is 23.1 Å². The third-order valence-electron chi connectivity index (χ3n) is 6.14. The van der Waals surface area contributed by atoms with Crippen LogP contribution in [0.4, 0.5) is 11.4 Å². The topological polar surface area (TPSA) is 87.7 Å². The highest BCUT2D eigenvalue weighted by atomic mass is 35.5. The summed E-state index contributed by atoms with van der Waals surface area (Å²) in [5.74, 6) is -0.425. The maximum absolute atomic E-state index is 12.6. The Kier molecular flexibility index (Phi) is 7.90. The van der Waals surface area contributed by atoms with E-state index in [4.69, 9.17) is 16.3 Å². The average Bonchev–Trinajstić information content (AvgIpc) is 3.26. The molecule has 4 rings (SSSR count). The van der Waals surface area contributed by atoms with Gasteiger partial charge in [-0.3, -0.25) is 14.4 Å². The predicted molar refractivity (Wildman–Crippen MR) is 140 cm³/mol. The van der Waals surface area contributed by atoms with E-state index in [9.17, 15) is 14.4 Å². The average molecular weight is 506 g/mol. The number of nitrogens with zero attached hydrogens (tertiary/aromatic N) is 1. The molecule has 1 fully saturated rings. The number of nitrogens with one attached hydrogen (secondary N) is 2. The van der Waals surface area contributed by atoms with Crippen molar-refractivity contribution in [3.63, 3.8) is 0 Å². The molecule has 3 aromatic carbocycles. The third-order valence-corrected chi connectivity index (χ3v) is 6.39. The van der Waals surface area contributed by atoms with E-state index in [1.807, 2.05) is 44.2 Å². The number of hydrogen-bond acceptors (Lipinski definition) is 4.